The fraction of sp³-hybridized carbons (Fsp3) is 0.938. The zero-order valence-corrected chi connectivity index (χ0v) is 25.7. The van der Waals surface area contributed by atoms with Crippen molar-refractivity contribution < 1.29 is 0 Å². The highest BCUT2D eigenvalue weighted by Gasteiger charge is 2.58. The molecule has 0 aromatic rings. The van der Waals surface area contributed by atoms with E-state index >= 15 is 0 Å². The van der Waals surface area contributed by atoms with Crippen LogP contribution in [0.3, 0.4) is 0 Å². The summed E-state index contributed by atoms with van der Waals surface area (Å²) in [5.74, 6) is 7.05. The summed E-state index contributed by atoms with van der Waals surface area (Å²) in [6.45, 7) is 13.9. The molecule has 0 bridgehead atoms. The van der Waals surface area contributed by atoms with E-state index < -0.39 is 0 Å². The van der Waals surface area contributed by atoms with Crippen molar-refractivity contribution in [3.63, 3.8) is 0 Å². The van der Waals surface area contributed by atoms with Gasteiger partial charge in [0.25, 0.3) is 0 Å². The fourth-order valence-electron chi connectivity index (χ4n) is 9.38. The summed E-state index contributed by atoms with van der Waals surface area (Å²) in [7, 11) is 6.41. The second-order valence-electron chi connectivity index (χ2n) is 13.7. The monoisotopic (exact) mass is 519 g/mol. The van der Waals surface area contributed by atoms with Gasteiger partial charge in [-0.25, -0.2) is 0 Å². The largest absolute Gasteiger partial charge is 0.320 e. The first-order chi connectivity index (χ1) is 16.8. The van der Waals surface area contributed by atoms with E-state index in [4.69, 9.17) is 0 Å². The Hall–Kier alpha value is 0.400. The molecule has 0 aromatic heterocycles. The van der Waals surface area contributed by atoms with Crippen molar-refractivity contribution in [2.45, 2.75) is 123 Å². The smallest absolute Gasteiger partial charge is 0.0189 e. The van der Waals surface area contributed by atoms with Gasteiger partial charge in [0.05, 0.1) is 0 Å². The lowest BCUT2D eigenvalue weighted by Gasteiger charge is -2.58. The number of rotatable bonds is 12. The van der Waals surface area contributed by atoms with E-state index in [0.717, 1.165) is 47.3 Å². The molecule has 0 spiro atoms. The molecule has 0 heterocycles. The predicted molar refractivity (Wildman–Crippen MR) is 160 cm³/mol. The van der Waals surface area contributed by atoms with Gasteiger partial charge < -0.3 is 5.32 Å². The molecule has 0 aliphatic heterocycles. The highest BCUT2D eigenvalue weighted by atomic mass is 33.1. The average Bonchev–Trinajstić information content (AvgIpc) is 3.17. The Labute approximate surface area is 227 Å². The zero-order valence-electron chi connectivity index (χ0n) is 24.0. The van der Waals surface area contributed by atoms with Crippen molar-refractivity contribution in [1.82, 2.24) is 5.32 Å². The zero-order chi connectivity index (χ0) is 25.1. The SMILES string of the molecule is CCC(CCCC1CCC2C3CC=C4CC(SSCCCNC)CCC4(C)C3CCC12C)C(C)C. The summed E-state index contributed by atoms with van der Waals surface area (Å²) in [5, 5.41) is 4.14. The number of hydrogen-bond acceptors (Lipinski definition) is 3. The van der Waals surface area contributed by atoms with Crippen LogP contribution in [0.5, 0.6) is 0 Å². The second-order valence-corrected chi connectivity index (χ2v) is 16.4. The van der Waals surface area contributed by atoms with E-state index in [1.54, 1.807) is 0 Å². The summed E-state index contributed by atoms with van der Waals surface area (Å²) in [5.41, 5.74) is 3.03. The van der Waals surface area contributed by atoms with Gasteiger partial charge >= 0.3 is 0 Å². The van der Waals surface area contributed by atoms with Crippen LogP contribution >= 0.6 is 21.6 Å². The van der Waals surface area contributed by atoms with E-state index in [1.807, 2.05) is 5.57 Å². The Balaban J connectivity index is 1.34. The normalized spacial score (nSPS) is 39.6. The molecule has 1 nitrogen and oxygen atoms in total. The molecule has 3 fully saturated rings. The molecule has 202 valence electrons. The van der Waals surface area contributed by atoms with Gasteiger partial charge in [-0.3, -0.25) is 0 Å². The molecule has 0 saturated heterocycles. The molecule has 4 rings (SSSR count). The molecule has 1 N–H and O–H groups in total. The van der Waals surface area contributed by atoms with Crippen LogP contribution in [0.15, 0.2) is 11.6 Å². The van der Waals surface area contributed by atoms with Gasteiger partial charge in [-0.05, 0) is 124 Å². The molecule has 0 radical (unpaired) electrons. The van der Waals surface area contributed by atoms with E-state index in [2.05, 4.69) is 74.6 Å². The quantitative estimate of drug-likeness (QED) is 0.156. The van der Waals surface area contributed by atoms with Crippen molar-refractivity contribution in [2.24, 2.45) is 46.3 Å². The standard InChI is InChI=1S/C32H57NS2/c1-7-24(23(2)3)10-8-11-25-13-15-29-28-14-12-26-22-27(35-34-21-9-20-33-6)16-18-32(26,5)30(28)17-19-31(25,29)4/h12,23-25,27-30,33H,7-11,13-22H2,1-6H3. The van der Waals surface area contributed by atoms with Gasteiger partial charge in [0.15, 0.2) is 0 Å². The lowest BCUT2D eigenvalue weighted by atomic mass is 9.47. The van der Waals surface area contributed by atoms with E-state index in [1.165, 1.54) is 89.2 Å². The first kappa shape index (κ1) is 28.4. The van der Waals surface area contributed by atoms with E-state index in [9.17, 15) is 0 Å². The van der Waals surface area contributed by atoms with Gasteiger partial charge in [-0.15, -0.1) is 0 Å². The highest BCUT2D eigenvalue weighted by Crippen LogP contribution is 2.67. The minimum atomic E-state index is 0.516. The van der Waals surface area contributed by atoms with Crippen molar-refractivity contribution in [3.8, 4) is 0 Å². The molecule has 35 heavy (non-hydrogen) atoms. The Kier molecular flexibility index (Phi) is 10.1. The summed E-state index contributed by atoms with van der Waals surface area (Å²) in [6, 6.07) is 0. The highest BCUT2D eigenvalue weighted by molar-refractivity contribution is 8.76. The second kappa shape index (κ2) is 12.5. The maximum atomic E-state index is 3.28. The number of hydrogen-bond donors (Lipinski definition) is 1. The van der Waals surface area contributed by atoms with Crippen LogP contribution < -0.4 is 5.32 Å². The molecule has 3 saturated carbocycles. The van der Waals surface area contributed by atoms with Gasteiger partial charge in [0.1, 0.15) is 0 Å². The predicted octanol–water partition coefficient (Wildman–Crippen LogP) is 9.78. The third-order valence-electron chi connectivity index (χ3n) is 11.7. The van der Waals surface area contributed by atoms with Gasteiger partial charge in [0.2, 0.25) is 0 Å². The van der Waals surface area contributed by atoms with E-state index in [-0.39, 0.29) is 0 Å². The van der Waals surface area contributed by atoms with Crippen LogP contribution in [-0.4, -0.2) is 24.6 Å². The minimum Gasteiger partial charge on any atom is -0.320 e. The van der Waals surface area contributed by atoms with Gasteiger partial charge in [0, 0.05) is 11.0 Å². The van der Waals surface area contributed by atoms with Crippen molar-refractivity contribution >= 4 is 21.6 Å². The molecule has 4 aliphatic rings. The van der Waals surface area contributed by atoms with Gasteiger partial charge in [-0.2, -0.15) is 0 Å². The van der Waals surface area contributed by atoms with Crippen LogP contribution in [-0.2, 0) is 0 Å². The van der Waals surface area contributed by atoms with E-state index in [0.29, 0.717) is 10.8 Å². The Morgan fingerprint density at radius 1 is 1.06 bits per heavy atom. The maximum absolute atomic E-state index is 3.28. The first-order valence-corrected chi connectivity index (χ1v) is 17.8. The number of fused-ring (bicyclic) bond motifs is 5. The van der Waals surface area contributed by atoms with Crippen LogP contribution in [0, 0.1) is 46.3 Å². The lowest BCUT2D eigenvalue weighted by molar-refractivity contribution is -0.0423. The maximum Gasteiger partial charge on any atom is 0.0189 e. The summed E-state index contributed by atoms with van der Waals surface area (Å²) in [4.78, 5) is 0. The molecule has 0 amide bonds. The summed E-state index contributed by atoms with van der Waals surface area (Å²) in [6.07, 6.45) is 21.7. The average molecular weight is 520 g/mol. The summed E-state index contributed by atoms with van der Waals surface area (Å²) >= 11 is 0. The topological polar surface area (TPSA) is 12.0 Å². The molecule has 8 unspecified atom stereocenters. The Morgan fingerprint density at radius 3 is 2.63 bits per heavy atom. The number of nitrogens with one attached hydrogen (secondary N) is 1. The third kappa shape index (κ3) is 6.03. The van der Waals surface area contributed by atoms with Gasteiger partial charge in [-0.1, -0.05) is 87.1 Å². The van der Waals surface area contributed by atoms with Crippen molar-refractivity contribution in [3.05, 3.63) is 11.6 Å². The molecule has 0 aromatic carbocycles. The van der Waals surface area contributed by atoms with Crippen molar-refractivity contribution in [1.29, 1.82) is 0 Å². The lowest BCUT2D eigenvalue weighted by Crippen LogP contribution is -2.50. The molecule has 4 aliphatic carbocycles. The van der Waals surface area contributed by atoms with Crippen LogP contribution in [0.2, 0.25) is 0 Å². The third-order valence-corrected chi connectivity index (χ3v) is 14.7. The minimum absolute atomic E-state index is 0.516. The first-order valence-electron chi connectivity index (χ1n) is 15.5. The van der Waals surface area contributed by atoms with Crippen molar-refractivity contribution in [2.75, 3.05) is 19.3 Å². The Bertz CT molecular complexity index is 704. The Morgan fingerprint density at radius 2 is 1.89 bits per heavy atom. The molecular formula is C32H57NS2. The van der Waals surface area contributed by atoms with Crippen LogP contribution in [0.25, 0.3) is 0 Å². The van der Waals surface area contributed by atoms with Crippen LogP contribution in [0.4, 0.5) is 0 Å². The molecule has 8 atom stereocenters. The number of allylic oxidation sites excluding steroid dienone is 2. The fourth-order valence-corrected chi connectivity index (χ4v) is 12.1. The molecule has 3 heteroatoms. The summed E-state index contributed by atoms with van der Waals surface area (Å²) < 4.78 is 0. The van der Waals surface area contributed by atoms with Crippen LogP contribution in [0.1, 0.15) is 118 Å². The molecular weight excluding hydrogens is 462 g/mol.